The molecule has 2 aliphatic rings. The Labute approximate surface area is 124 Å². The summed E-state index contributed by atoms with van der Waals surface area (Å²) in [5.41, 5.74) is 0. The number of piperidine rings is 1. The van der Waals surface area contributed by atoms with Crippen molar-refractivity contribution in [1.29, 1.82) is 0 Å². The molecular weight excluding hydrogens is 248 g/mol. The summed E-state index contributed by atoms with van der Waals surface area (Å²) in [7, 11) is 0. The molecule has 1 atom stereocenters. The normalized spacial score (nSPS) is 25.9. The van der Waals surface area contributed by atoms with E-state index in [2.05, 4.69) is 37.5 Å². The van der Waals surface area contributed by atoms with Crippen molar-refractivity contribution in [3.8, 4) is 0 Å². The van der Waals surface area contributed by atoms with Crippen molar-refractivity contribution in [3.63, 3.8) is 0 Å². The minimum absolute atomic E-state index is 0.358. The number of nitrogens with zero attached hydrogens (tertiary/aromatic N) is 2. The third-order valence-corrected chi connectivity index (χ3v) is 5.45. The molecule has 2 rings (SSSR count). The molecule has 2 saturated heterocycles. The second-order valence-corrected chi connectivity index (χ2v) is 7.49. The molecule has 0 aromatic rings. The van der Waals surface area contributed by atoms with Crippen molar-refractivity contribution < 1.29 is 4.79 Å². The Morgan fingerprint density at radius 1 is 0.950 bits per heavy atom. The highest BCUT2D eigenvalue weighted by atomic mass is 16.2. The van der Waals surface area contributed by atoms with E-state index in [9.17, 15) is 4.79 Å². The van der Waals surface area contributed by atoms with Gasteiger partial charge in [0.2, 0.25) is 5.91 Å². The average Bonchev–Trinajstić information content (AvgIpc) is 2.87. The molecule has 2 aliphatic heterocycles. The Hall–Kier alpha value is -0.570. The molecule has 2 fully saturated rings. The van der Waals surface area contributed by atoms with E-state index >= 15 is 0 Å². The van der Waals surface area contributed by atoms with Crippen LogP contribution >= 0.6 is 0 Å². The molecule has 3 heteroatoms. The van der Waals surface area contributed by atoms with Crippen molar-refractivity contribution in [1.82, 2.24) is 9.80 Å². The lowest BCUT2D eigenvalue weighted by Gasteiger charge is -2.34. The van der Waals surface area contributed by atoms with Gasteiger partial charge in [-0.1, -0.05) is 27.7 Å². The van der Waals surface area contributed by atoms with Gasteiger partial charge in [0, 0.05) is 19.6 Å². The van der Waals surface area contributed by atoms with Crippen molar-refractivity contribution >= 4 is 5.91 Å². The zero-order valence-corrected chi connectivity index (χ0v) is 13.8. The second-order valence-electron chi connectivity index (χ2n) is 7.49. The van der Waals surface area contributed by atoms with E-state index in [-0.39, 0.29) is 0 Å². The number of likely N-dealkylation sites (tertiary alicyclic amines) is 2. The predicted octanol–water partition coefficient (Wildman–Crippen LogP) is 2.86. The lowest BCUT2D eigenvalue weighted by Crippen LogP contribution is -2.44. The van der Waals surface area contributed by atoms with Gasteiger partial charge in [-0.05, 0) is 49.5 Å². The number of hydrogen-bond donors (Lipinski definition) is 0. The Morgan fingerprint density at radius 2 is 1.50 bits per heavy atom. The van der Waals surface area contributed by atoms with Gasteiger partial charge >= 0.3 is 0 Å². The van der Waals surface area contributed by atoms with Gasteiger partial charge in [-0.15, -0.1) is 0 Å². The predicted molar refractivity (Wildman–Crippen MR) is 83.5 cm³/mol. The molecule has 0 saturated carbocycles. The van der Waals surface area contributed by atoms with Gasteiger partial charge in [0.1, 0.15) is 0 Å². The lowest BCUT2D eigenvalue weighted by atomic mass is 9.87. The largest absolute Gasteiger partial charge is 0.342 e. The van der Waals surface area contributed by atoms with E-state index in [0.29, 0.717) is 12.5 Å². The number of amides is 1. The molecule has 0 aliphatic carbocycles. The molecule has 116 valence electrons. The van der Waals surface area contributed by atoms with E-state index in [1.54, 1.807) is 0 Å². The Morgan fingerprint density at radius 3 is 2.00 bits per heavy atom. The van der Waals surface area contributed by atoms with Crippen molar-refractivity contribution in [2.45, 2.75) is 47.0 Å². The van der Waals surface area contributed by atoms with Crippen LogP contribution in [0, 0.1) is 23.7 Å². The van der Waals surface area contributed by atoms with Crippen LogP contribution in [-0.2, 0) is 4.79 Å². The topological polar surface area (TPSA) is 23.6 Å². The van der Waals surface area contributed by atoms with E-state index in [0.717, 1.165) is 49.9 Å². The van der Waals surface area contributed by atoms with Gasteiger partial charge in [-0.2, -0.15) is 0 Å². The van der Waals surface area contributed by atoms with Gasteiger partial charge < -0.3 is 4.90 Å². The minimum Gasteiger partial charge on any atom is -0.342 e. The fourth-order valence-corrected chi connectivity index (χ4v) is 3.66. The van der Waals surface area contributed by atoms with Crippen molar-refractivity contribution in [2.75, 3.05) is 32.7 Å². The first-order valence-corrected chi connectivity index (χ1v) is 8.47. The van der Waals surface area contributed by atoms with Crippen LogP contribution in [0.2, 0.25) is 0 Å². The van der Waals surface area contributed by atoms with Gasteiger partial charge in [0.05, 0.1) is 6.54 Å². The monoisotopic (exact) mass is 280 g/mol. The molecule has 0 aromatic carbocycles. The molecule has 0 bridgehead atoms. The van der Waals surface area contributed by atoms with Gasteiger partial charge in [0.25, 0.3) is 0 Å². The molecule has 1 unspecified atom stereocenters. The number of carbonyl (C=O) groups excluding carboxylic acids is 1. The highest BCUT2D eigenvalue weighted by Gasteiger charge is 2.29. The lowest BCUT2D eigenvalue weighted by molar-refractivity contribution is -0.133. The van der Waals surface area contributed by atoms with Crippen molar-refractivity contribution in [2.24, 2.45) is 23.7 Å². The van der Waals surface area contributed by atoms with Crippen LogP contribution in [0.5, 0.6) is 0 Å². The minimum atomic E-state index is 0.358. The standard InChI is InChI=1S/C17H32N2O/c1-13(2)15-6-9-19(10-7-15)17(20)12-18-8-5-16(11-18)14(3)4/h13-16H,5-12H2,1-4H3. The Kier molecular flexibility index (Phi) is 5.48. The quantitative estimate of drug-likeness (QED) is 0.790. The maximum Gasteiger partial charge on any atom is 0.236 e. The summed E-state index contributed by atoms with van der Waals surface area (Å²) in [6.07, 6.45) is 3.65. The summed E-state index contributed by atoms with van der Waals surface area (Å²) < 4.78 is 0. The van der Waals surface area contributed by atoms with E-state index in [1.165, 1.54) is 19.3 Å². The highest BCUT2D eigenvalue weighted by molar-refractivity contribution is 5.78. The Balaban J connectivity index is 1.74. The summed E-state index contributed by atoms with van der Waals surface area (Å²) in [6, 6.07) is 0. The van der Waals surface area contributed by atoms with Gasteiger partial charge in [-0.25, -0.2) is 0 Å². The molecule has 3 nitrogen and oxygen atoms in total. The van der Waals surface area contributed by atoms with Crippen LogP contribution in [-0.4, -0.2) is 48.4 Å². The summed E-state index contributed by atoms with van der Waals surface area (Å²) >= 11 is 0. The zero-order chi connectivity index (χ0) is 14.7. The summed E-state index contributed by atoms with van der Waals surface area (Å²) in [6.45, 7) is 14.0. The average molecular weight is 280 g/mol. The first-order chi connectivity index (χ1) is 9.47. The summed E-state index contributed by atoms with van der Waals surface area (Å²) in [5, 5.41) is 0. The molecule has 20 heavy (non-hydrogen) atoms. The summed E-state index contributed by atoms with van der Waals surface area (Å²) in [5.74, 6) is 3.47. The van der Waals surface area contributed by atoms with Crippen LogP contribution in [0.4, 0.5) is 0 Å². The summed E-state index contributed by atoms with van der Waals surface area (Å²) in [4.78, 5) is 16.9. The smallest absolute Gasteiger partial charge is 0.236 e. The van der Waals surface area contributed by atoms with Gasteiger partial charge in [-0.3, -0.25) is 9.69 Å². The fraction of sp³-hybridized carbons (Fsp3) is 0.941. The van der Waals surface area contributed by atoms with Crippen LogP contribution < -0.4 is 0 Å². The third kappa shape index (κ3) is 3.97. The number of rotatable bonds is 4. The van der Waals surface area contributed by atoms with E-state index < -0.39 is 0 Å². The van der Waals surface area contributed by atoms with E-state index in [1.807, 2.05) is 0 Å². The van der Waals surface area contributed by atoms with Crippen LogP contribution in [0.1, 0.15) is 47.0 Å². The fourth-order valence-electron chi connectivity index (χ4n) is 3.66. The molecule has 0 N–H and O–H groups in total. The highest BCUT2D eigenvalue weighted by Crippen LogP contribution is 2.26. The molecule has 0 radical (unpaired) electrons. The van der Waals surface area contributed by atoms with Crippen LogP contribution in [0.25, 0.3) is 0 Å². The van der Waals surface area contributed by atoms with Crippen LogP contribution in [0.3, 0.4) is 0 Å². The SMILES string of the molecule is CC(C)C1CCN(C(=O)CN2CCC(C(C)C)C2)CC1. The molecule has 1 amide bonds. The van der Waals surface area contributed by atoms with Crippen LogP contribution in [0.15, 0.2) is 0 Å². The van der Waals surface area contributed by atoms with Crippen molar-refractivity contribution in [3.05, 3.63) is 0 Å². The maximum absolute atomic E-state index is 12.4. The molecule has 2 heterocycles. The third-order valence-electron chi connectivity index (χ3n) is 5.45. The molecule has 0 aromatic heterocycles. The Bertz CT molecular complexity index is 319. The second kappa shape index (κ2) is 6.93. The first-order valence-electron chi connectivity index (χ1n) is 8.47. The zero-order valence-electron chi connectivity index (χ0n) is 13.8. The molecular formula is C17H32N2O. The maximum atomic E-state index is 12.4. The van der Waals surface area contributed by atoms with Gasteiger partial charge in [0.15, 0.2) is 0 Å². The first kappa shape index (κ1) is 15.8. The number of carbonyl (C=O) groups is 1. The van der Waals surface area contributed by atoms with E-state index in [4.69, 9.17) is 0 Å². The molecule has 0 spiro atoms. The number of hydrogen-bond acceptors (Lipinski definition) is 2.